The molecule has 188 valence electrons. The average Bonchev–Trinajstić information content (AvgIpc) is 3.47. The van der Waals surface area contributed by atoms with Crippen molar-refractivity contribution in [2.45, 2.75) is 69.3 Å². The number of carbonyl (C=O) groups excluding carboxylic acids is 4. The molecule has 0 saturated carbocycles. The highest BCUT2D eigenvalue weighted by molar-refractivity contribution is 5.94. The Balaban J connectivity index is 2.09. The number of aromatic amines is 1. The zero-order valence-corrected chi connectivity index (χ0v) is 18.7. The molecule has 1 fully saturated rings. The van der Waals surface area contributed by atoms with Crippen LogP contribution in [0.4, 0.5) is 0 Å². The predicted octanol–water partition coefficient (Wildman–Crippen LogP) is -3.11. The molecule has 0 aliphatic carbocycles. The quantitative estimate of drug-likeness (QED) is 0.142. The molecule has 1 aromatic rings. The molecule has 0 radical (unpaired) electrons. The fourth-order valence-electron chi connectivity index (χ4n) is 3.47. The summed E-state index contributed by atoms with van der Waals surface area (Å²) in [7, 11) is 0. The van der Waals surface area contributed by atoms with Crippen molar-refractivity contribution in [3.05, 3.63) is 18.2 Å². The lowest BCUT2D eigenvalue weighted by Gasteiger charge is -2.26. The Hall–Kier alpha value is -3.52. The summed E-state index contributed by atoms with van der Waals surface area (Å²) in [6, 6.07) is -4.56. The van der Waals surface area contributed by atoms with Gasteiger partial charge in [-0.1, -0.05) is 0 Å². The van der Waals surface area contributed by atoms with Crippen LogP contribution in [0, 0.1) is 0 Å². The fraction of sp³-hybridized carbons (Fsp3) is 0.600. The van der Waals surface area contributed by atoms with Crippen LogP contribution in [0.15, 0.2) is 12.5 Å². The number of hydrogen-bond donors (Lipinski definition) is 8. The minimum atomic E-state index is -1.38. The number of nitrogens with two attached hydrogens (primary N) is 1. The second kappa shape index (κ2) is 12.6. The van der Waals surface area contributed by atoms with Crippen LogP contribution in [-0.2, 0) is 30.4 Å². The Bertz CT molecular complexity index is 869. The third-order valence-corrected chi connectivity index (χ3v) is 5.35. The van der Waals surface area contributed by atoms with Crippen LogP contribution in [0.5, 0.6) is 0 Å². The number of aromatic nitrogens is 2. The highest BCUT2D eigenvalue weighted by atomic mass is 16.4. The van der Waals surface area contributed by atoms with Gasteiger partial charge in [0.25, 0.3) is 0 Å². The first-order valence-electron chi connectivity index (χ1n) is 10.9. The summed E-state index contributed by atoms with van der Waals surface area (Å²) in [6.45, 7) is 1.96. The molecule has 1 aliphatic heterocycles. The van der Waals surface area contributed by atoms with E-state index in [1.165, 1.54) is 19.4 Å². The predicted molar refractivity (Wildman–Crippen MR) is 117 cm³/mol. The molecular weight excluding hydrogens is 450 g/mol. The highest BCUT2D eigenvalue weighted by Gasteiger charge is 2.33. The average molecular weight is 482 g/mol. The van der Waals surface area contributed by atoms with E-state index in [9.17, 15) is 34.2 Å². The standard InChI is InChI=1S/C20H31N7O7/c1-10(28)16(27-17(30)12-3-2-6-23-12)19(32)25-13(4-5-15(21)29)18(31)26-14(20(33)34)7-11-8-22-9-24-11/h8-10,12-14,16,23,28H,2-7H2,1H3,(H2,21,29)(H,22,24)(H,25,32)(H,26,31)(H,27,30)(H,33,34). The lowest BCUT2D eigenvalue weighted by Crippen LogP contribution is -2.59. The van der Waals surface area contributed by atoms with Crippen molar-refractivity contribution in [1.29, 1.82) is 0 Å². The van der Waals surface area contributed by atoms with Gasteiger partial charge < -0.3 is 42.2 Å². The third-order valence-electron chi connectivity index (χ3n) is 5.35. The molecule has 1 aromatic heterocycles. The summed E-state index contributed by atoms with van der Waals surface area (Å²) < 4.78 is 0. The van der Waals surface area contributed by atoms with Gasteiger partial charge in [-0.25, -0.2) is 9.78 Å². The van der Waals surface area contributed by atoms with Crippen molar-refractivity contribution in [3.8, 4) is 0 Å². The number of nitrogens with zero attached hydrogens (tertiary/aromatic N) is 1. The van der Waals surface area contributed by atoms with Gasteiger partial charge in [0.05, 0.1) is 18.5 Å². The normalized spacial score (nSPS) is 18.8. The Kier molecular flexibility index (Phi) is 9.94. The molecule has 2 heterocycles. The number of nitrogens with one attached hydrogen (secondary N) is 5. The van der Waals surface area contributed by atoms with E-state index in [1.54, 1.807) is 0 Å². The smallest absolute Gasteiger partial charge is 0.326 e. The Morgan fingerprint density at radius 2 is 1.88 bits per heavy atom. The molecule has 34 heavy (non-hydrogen) atoms. The second-order valence-electron chi connectivity index (χ2n) is 8.12. The number of amides is 4. The highest BCUT2D eigenvalue weighted by Crippen LogP contribution is 2.07. The molecule has 4 amide bonds. The molecule has 5 atom stereocenters. The summed E-state index contributed by atoms with van der Waals surface area (Å²) in [5.41, 5.74) is 5.62. The van der Waals surface area contributed by atoms with Gasteiger partial charge in [-0.2, -0.15) is 0 Å². The van der Waals surface area contributed by atoms with E-state index in [0.717, 1.165) is 6.42 Å². The van der Waals surface area contributed by atoms with E-state index < -0.39 is 59.9 Å². The van der Waals surface area contributed by atoms with Gasteiger partial charge in [0.15, 0.2) is 0 Å². The molecule has 1 saturated heterocycles. The van der Waals surface area contributed by atoms with Gasteiger partial charge in [0.1, 0.15) is 18.1 Å². The van der Waals surface area contributed by atoms with Crippen LogP contribution in [-0.4, -0.2) is 86.6 Å². The lowest BCUT2D eigenvalue weighted by atomic mass is 10.1. The minimum absolute atomic E-state index is 0.0989. The van der Waals surface area contributed by atoms with Crippen molar-refractivity contribution < 1.29 is 34.2 Å². The Morgan fingerprint density at radius 1 is 1.18 bits per heavy atom. The van der Waals surface area contributed by atoms with Crippen LogP contribution < -0.4 is 27.0 Å². The third kappa shape index (κ3) is 8.12. The lowest BCUT2D eigenvalue weighted by molar-refractivity contribution is -0.142. The zero-order chi connectivity index (χ0) is 25.3. The summed E-state index contributed by atoms with van der Waals surface area (Å²) in [6.07, 6.45) is 2.26. The van der Waals surface area contributed by atoms with Crippen molar-refractivity contribution in [1.82, 2.24) is 31.2 Å². The first-order chi connectivity index (χ1) is 16.1. The Morgan fingerprint density at radius 3 is 2.41 bits per heavy atom. The molecule has 0 spiro atoms. The molecular formula is C20H31N7O7. The number of primary amides is 1. The summed E-state index contributed by atoms with van der Waals surface area (Å²) >= 11 is 0. The van der Waals surface area contributed by atoms with Crippen LogP contribution in [0.1, 0.15) is 38.3 Å². The largest absolute Gasteiger partial charge is 0.480 e. The van der Waals surface area contributed by atoms with Gasteiger partial charge in [0, 0.05) is 24.7 Å². The van der Waals surface area contributed by atoms with E-state index in [4.69, 9.17) is 5.73 Å². The second-order valence-corrected chi connectivity index (χ2v) is 8.12. The van der Waals surface area contributed by atoms with Gasteiger partial charge in [-0.15, -0.1) is 0 Å². The summed E-state index contributed by atoms with van der Waals surface area (Å²) in [5.74, 6) is -4.25. The van der Waals surface area contributed by atoms with Gasteiger partial charge in [0.2, 0.25) is 23.6 Å². The van der Waals surface area contributed by atoms with E-state index in [0.29, 0.717) is 18.7 Å². The molecule has 9 N–H and O–H groups in total. The number of rotatable bonds is 13. The molecule has 0 aromatic carbocycles. The molecule has 14 nitrogen and oxygen atoms in total. The van der Waals surface area contributed by atoms with E-state index in [-0.39, 0.29) is 19.3 Å². The number of carbonyl (C=O) groups is 5. The number of aliphatic hydroxyl groups is 1. The SMILES string of the molecule is CC(O)C(NC(=O)C1CCCN1)C(=O)NC(CCC(N)=O)C(=O)NC(Cc1cnc[nH]1)C(=O)O. The van der Waals surface area contributed by atoms with E-state index in [1.807, 2.05) is 0 Å². The van der Waals surface area contributed by atoms with E-state index >= 15 is 0 Å². The maximum atomic E-state index is 12.8. The molecule has 2 rings (SSSR count). The van der Waals surface area contributed by atoms with Gasteiger partial charge in [-0.3, -0.25) is 19.2 Å². The van der Waals surface area contributed by atoms with Crippen molar-refractivity contribution >= 4 is 29.6 Å². The number of aliphatic hydroxyl groups excluding tert-OH is 1. The van der Waals surface area contributed by atoms with Crippen molar-refractivity contribution in [3.63, 3.8) is 0 Å². The zero-order valence-electron chi connectivity index (χ0n) is 18.7. The maximum absolute atomic E-state index is 12.8. The number of carboxylic acids is 1. The van der Waals surface area contributed by atoms with Crippen molar-refractivity contribution in [2.24, 2.45) is 5.73 Å². The molecule has 14 heteroatoms. The van der Waals surface area contributed by atoms with Crippen LogP contribution in [0.25, 0.3) is 0 Å². The maximum Gasteiger partial charge on any atom is 0.326 e. The Labute approximate surface area is 195 Å². The number of carboxylic acid groups (broad SMARTS) is 1. The van der Waals surface area contributed by atoms with Crippen LogP contribution >= 0.6 is 0 Å². The fourth-order valence-corrected chi connectivity index (χ4v) is 3.47. The van der Waals surface area contributed by atoms with Crippen molar-refractivity contribution in [2.75, 3.05) is 6.54 Å². The summed E-state index contributed by atoms with van der Waals surface area (Å²) in [4.78, 5) is 67.5. The number of hydrogen-bond acceptors (Lipinski definition) is 8. The monoisotopic (exact) mass is 481 g/mol. The molecule has 0 bridgehead atoms. The molecule has 5 unspecified atom stereocenters. The topological polar surface area (TPSA) is 229 Å². The minimum Gasteiger partial charge on any atom is -0.480 e. The van der Waals surface area contributed by atoms with Gasteiger partial charge in [-0.05, 0) is 32.7 Å². The van der Waals surface area contributed by atoms with Crippen LogP contribution in [0.2, 0.25) is 0 Å². The first kappa shape index (κ1) is 26.7. The number of H-pyrrole nitrogens is 1. The molecule has 1 aliphatic rings. The number of aliphatic carboxylic acids is 1. The van der Waals surface area contributed by atoms with Gasteiger partial charge >= 0.3 is 5.97 Å². The van der Waals surface area contributed by atoms with Crippen LogP contribution in [0.3, 0.4) is 0 Å². The summed E-state index contributed by atoms with van der Waals surface area (Å²) in [5, 5.41) is 29.7. The number of imidazole rings is 1. The van der Waals surface area contributed by atoms with E-state index in [2.05, 4.69) is 31.2 Å². The first-order valence-corrected chi connectivity index (χ1v) is 10.9.